The average molecular weight is 320 g/mol. The largest absolute Gasteiger partial charge is 0.481 e. The number of amides is 1. The van der Waals surface area contributed by atoms with Crippen LogP contribution >= 0.6 is 0 Å². The monoisotopic (exact) mass is 320 g/mol. The second-order valence-electron chi connectivity index (χ2n) is 5.97. The van der Waals surface area contributed by atoms with E-state index >= 15 is 0 Å². The molecule has 23 heavy (non-hydrogen) atoms. The molecule has 0 saturated carbocycles. The molecular weight excluding hydrogens is 292 g/mol. The van der Waals surface area contributed by atoms with Gasteiger partial charge in [-0.15, -0.1) is 0 Å². The van der Waals surface area contributed by atoms with Crippen molar-refractivity contribution in [2.75, 3.05) is 32.1 Å². The summed E-state index contributed by atoms with van der Waals surface area (Å²) in [4.78, 5) is 27.8. The molecule has 0 heterocycles. The molecule has 0 bridgehead atoms. The van der Waals surface area contributed by atoms with Crippen molar-refractivity contribution in [2.45, 2.75) is 39.0 Å². The Hall–Kier alpha value is -2.04. The fraction of sp³-hybridized carbons (Fsp3) is 0.556. The van der Waals surface area contributed by atoms with Gasteiger partial charge in [0.05, 0.1) is 5.92 Å². The number of carbonyl (C=O) groups excluding carboxylic acids is 1. The summed E-state index contributed by atoms with van der Waals surface area (Å²) in [5.41, 5.74) is 1.60. The zero-order chi connectivity index (χ0) is 17.4. The highest BCUT2D eigenvalue weighted by Crippen LogP contribution is 2.25. The van der Waals surface area contributed by atoms with E-state index < -0.39 is 11.9 Å². The molecule has 128 valence electrons. The number of hydrogen-bond donors (Lipinski definition) is 1. The summed E-state index contributed by atoms with van der Waals surface area (Å²) in [6.45, 7) is 5.39. The highest BCUT2D eigenvalue weighted by molar-refractivity contribution is 5.86. The summed E-state index contributed by atoms with van der Waals surface area (Å²) in [5.74, 6) is -1.85. The molecule has 1 aromatic carbocycles. The lowest BCUT2D eigenvalue weighted by Gasteiger charge is -2.24. The van der Waals surface area contributed by atoms with E-state index in [1.807, 2.05) is 51.0 Å². The van der Waals surface area contributed by atoms with Crippen LogP contribution in [-0.4, -0.2) is 49.1 Å². The Morgan fingerprint density at radius 1 is 1.13 bits per heavy atom. The Morgan fingerprint density at radius 2 is 1.74 bits per heavy atom. The average Bonchev–Trinajstić information content (AvgIpc) is 2.52. The van der Waals surface area contributed by atoms with E-state index in [9.17, 15) is 14.7 Å². The van der Waals surface area contributed by atoms with Crippen molar-refractivity contribution >= 4 is 17.6 Å². The molecule has 0 spiro atoms. The molecule has 0 saturated heterocycles. The topological polar surface area (TPSA) is 60.9 Å². The second kappa shape index (κ2) is 9.18. The minimum Gasteiger partial charge on any atom is -0.481 e. The van der Waals surface area contributed by atoms with Gasteiger partial charge < -0.3 is 14.9 Å². The molecule has 0 aliphatic carbocycles. The molecule has 0 aliphatic rings. The third kappa shape index (κ3) is 5.58. The predicted molar refractivity (Wildman–Crippen MR) is 92.9 cm³/mol. The number of carboxylic acid groups (broad SMARTS) is 1. The molecule has 0 radical (unpaired) electrons. The van der Waals surface area contributed by atoms with Gasteiger partial charge in [-0.05, 0) is 30.5 Å². The van der Waals surface area contributed by atoms with Gasteiger partial charge in [0.15, 0.2) is 0 Å². The SMILES string of the molecule is CCCN(CCC)C(=O)CC(C(=O)O)c1cccc(N(C)C)c1. The maximum Gasteiger partial charge on any atom is 0.311 e. The summed E-state index contributed by atoms with van der Waals surface area (Å²) in [5, 5.41) is 9.56. The van der Waals surface area contributed by atoms with Gasteiger partial charge in [0.25, 0.3) is 0 Å². The normalized spacial score (nSPS) is 11.8. The van der Waals surface area contributed by atoms with Crippen LogP contribution in [0.4, 0.5) is 5.69 Å². The van der Waals surface area contributed by atoms with Crippen LogP contribution in [-0.2, 0) is 9.59 Å². The molecule has 0 aromatic heterocycles. The standard InChI is InChI=1S/C18H28N2O3/c1-5-10-20(11-6-2)17(21)13-16(18(22)23)14-8-7-9-15(12-14)19(3)4/h7-9,12,16H,5-6,10-11,13H2,1-4H3,(H,22,23). The molecule has 5 nitrogen and oxygen atoms in total. The number of aliphatic carboxylic acids is 1. The predicted octanol–water partition coefficient (Wildman–Crippen LogP) is 2.96. The van der Waals surface area contributed by atoms with Gasteiger partial charge in [-0.2, -0.15) is 0 Å². The lowest BCUT2D eigenvalue weighted by atomic mass is 9.94. The van der Waals surface area contributed by atoms with E-state index in [2.05, 4.69) is 0 Å². The number of rotatable bonds is 9. The Bertz CT molecular complexity index is 523. The van der Waals surface area contributed by atoms with E-state index in [0.717, 1.165) is 18.5 Å². The first kappa shape index (κ1) is 19.0. The number of benzene rings is 1. The van der Waals surface area contributed by atoms with Crippen LogP contribution in [0.3, 0.4) is 0 Å². The maximum atomic E-state index is 12.5. The van der Waals surface area contributed by atoms with Crippen molar-refractivity contribution in [3.63, 3.8) is 0 Å². The highest BCUT2D eigenvalue weighted by atomic mass is 16.4. The van der Waals surface area contributed by atoms with E-state index in [-0.39, 0.29) is 12.3 Å². The van der Waals surface area contributed by atoms with Gasteiger partial charge in [0, 0.05) is 39.3 Å². The number of anilines is 1. The molecule has 1 rings (SSSR count). The summed E-state index contributed by atoms with van der Waals surface area (Å²) >= 11 is 0. The van der Waals surface area contributed by atoms with Crippen LogP contribution in [0.5, 0.6) is 0 Å². The fourth-order valence-electron chi connectivity index (χ4n) is 2.57. The minimum absolute atomic E-state index is 0.00617. The van der Waals surface area contributed by atoms with E-state index in [1.54, 1.807) is 11.0 Å². The molecular formula is C18H28N2O3. The first-order valence-electron chi connectivity index (χ1n) is 8.18. The van der Waals surface area contributed by atoms with Crippen molar-refractivity contribution < 1.29 is 14.7 Å². The van der Waals surface area contributed by atoms with Gasteiger partial charge in [-0.1, -0.05) is 26.0 Å². The Labute approximate surface area is 138 Å². The van der Waals surface area contributed by atoms with Crippen LogP contribution in [0.15, 0.2) is 24.3 Å². The van der Waals surface area contributed by atoms with Crippen molar-refractivity contribution in [2.24, 2.45) is 0 Å². The van der Waals surface area contributed by atoms with Gasteiger partial charge in [-0.3, -0.25) is 9.59 Å². The Kier molecular flexibility index (Phi) is 7.59. The number of nitrogens with zero attached hydrogens (tertiary/aromatic N) is 2. The van der Waals surface area contributed by atoms with E-state index in [1.165, 1.54) is 0 Å². The third-order valence-electron chi connectivity index (χ3n) is 3.81. The summed E-state index contributed by atoms with van der Waals surface area (Å²) in [6, 6.07) is 7.38. The maximum absolute atomic E-state index is 12.5. The molecule has 1 atom stereocenters. The van der Waals surface area contributed by atoms with Crippen molar-refractivity contribution in [3.8, 4) is 0 Å². The first-order chi connectivity index (χ1) is 10.9. The number of carboxylic acids is 1. The lowest BCUT2D eigenvalue weighted by molar-refractivity contribution is -0.142. The zero-order valence-electron chi connectivity index (χ0n) is 14.6. The number of hydrogen-bond acceptors (Lipinski definition) is 3. The summed E-state index contributed by atoms with van der Waals surface area (Å²) < 4.78 is 0. The van der Waals surface area contributed by atoms with Gasteiger partial charge >= 0.3 is 5.97 Å². The molecule has 1 N–H and O–H groups in total. The smallest absolute Gasteiger partial charge is 0.311 e. The van der Waals surface area contributed by atoms with Gasteiger partial charge in [0.2, 0.25) is 5.91 Å². The van der Waals surface area contributed by atoms with E-state index in [4.69, 9.17) is 0 Å². The van der Waals surface area contributed by atoms with Crippen LogP contribution in [0.1, 0.15) is 44.6 Å². The van der Waals surface area contributed by atoms with Gasteiger partial charge in [0.1, 0.15) is 0 Å². The molecule has 0 aliphatic heterocycles. The summed E-state index contributed by atoms with van der Waals surface area (Å²) in [6.07, 6.45) is 1.76. The third-order valence-corrected chi connectivity index (χ3v) is 3.81. The van der Waals surface area contributed by atoms with Crippen molar-refractivity contribution in [1.29, 1.82) is 0 Å². The van der Waals surface area contributed by atoms with Crippen LogP contribution < -0.4 is 4.90 Å². The molecule has 0 fully saturated rings. The molecule has 5 heteroatoms. The quantitative estimate of drug-likeness (QED) is 0.760. The molecule has 1 unspecified atom stereocenters. The minimum atomic E-state index is -0.956. The lowest BCUT2D eigenvalue weighted by Crippen LogP contribution is -2.34. The van der Waals surface area contributed by atoms with Crippen LogP contribution in [0.2, 0.25) is 0 Å². The fourth-order valence-corrected chi connectivity index (χ4v) is 2.57. The number of carbonyl (C=O) groups is 2. The van der Waals surface area contributed by atoms with E-state index in [0.29, 0.717) is 18.7 Å². The van der Waals surface area contributed by atoms with Crippen LogP contribution in [0.25, 0.3) is 0 Å². The van der Waals surface area contributed by atoms with Crippen LogP contribution in [0, 0.1) is 0 Å². The second-order valence-corrected chi connectivity index (χ2v) is 5.97. The molecule has 1 amide bonds. The van der Waals surface area contributed by atoms with Crippen molar-refractivity contribution in [3.05, 3.63) is 29.8 Å². The van der Waals surface area contributed by atoms with Gasteiger partial charge in [-0.25, -0.2) is 0 Å². The molecule has 1 aromatic rings. The zero-order valence-corrected chi connectivity index (χ0v) is 14.6. The first-order valence-corrected chi connectivity index (χ1v) is 8.18. The Balaban J connectivity index is 2.96. The van der Waals surface area contributed by atoms with Crippen molar-refractivity contribution in [1.82, 2.24) is 4.90 Å². The summed E-state index contributed by atoms with van der Waals surface area (Å²) in [7, 11) is 3.81. The Morgan fingerprint density at radius 3 is 2.22 bits per heavy atom. The highest BCUT2D eigenvalue weighted by Gasteiger charge is 2.26.